The van der Waals surface area contributed by atoms with Crippen molar-refractivity contribution in [2.75, 3.05) is 43.4 Å². The standard InChI is InChI=1S/C14H19F3N4/c1-18-12-8-10(14(15,16)17)9-13(19-12)21-6-4-20(5-7-21)11-2-3-11/h8-9,11H,2-7H2,1H3,(H,18,19). The molecule has 0 unspecified atom stereocenters. The summed E-state index contributed by atoms with van der Waals surface area (Å²) in [6.07, 6.45) is -1.84. The molecule has 2 fully saturated rings. The molecule has 0 atom stereocenters. The van der Waals surface area contributed by atoms with E-state index in [1.165, 1.54) is 12.8 Å². The molecule has 0 spiro atoms. The third-order valence-electron chi connectivity index (χ3n) is 4.10. The average Bonchev–Trinajstić information content (AvgIpc) is 3.30. The zero-order chi connectivity index (χ0) is 15.0. The van der Waals surface area contributed by atoms with Crippen LogP contribution >= 0.6 is 0 Å². The number of hydrogen-bond acceptors (Lipinski definition) is 4. The molecular formula is C14H19F3N4. The van der Waals surface area contributed by atoms with Crippen molar-refractivity contribution in [3.8, 4) is 0 Å². The van der Waals surface area contributed by atoms with Crippen LogP contribution in [0, 0.1) is 0 Å². The van der Waals surface area contributed by atoms with Crippen LogP contribution < -0.4 is 10.2 Å². The van der Waals surface area contributed by atoms with Gasteiger partial charge in [0.15, 0.2) is 0 Å². The smallest absolute Gasteiger partial charge is 0.373 e. The average molecular weight is 300 g/mol. The van der Waals surface area contributed by atoms with Gasteiger partial charge in [0.2, 0.25) is 0 Å². The van der Waals surface area contributed by atoms with E-state index in [0.717, 1.165) is 38.3 Å². The molecule has 3 rings (SSSR count). The number of pyridine rings is 1. The lowest BCUT2D eigenvalue weighted by molar-refractivity contribution is -0.137. The Morgan fingerprint density at radius 1 is 1.14 bits per heavy atom. The van der Waals surface area contributed by atoms with Crippen LogP contribution in [0.15, 0.2) is 12.1 Å². The minimum Gasteiger partial charge on any atom is -0.373 e. The molecule has 0 amide bonds. The van der Waals surface area contributed by atoms with E-state index in [1.54, 1.807) is 7.05 Å². The summed E-state index contributed by atoms with van der Waals surface area (Å²) in [7, 11) is 1.58. The predicted octanol–water partition coefficient (Wildman–Crippen LogP) is 2.43. The number of nitrogens with one attached hydrogen (secondary N) is 1. The maximum Gasteiger partial charge on any atom is 0.416 e. The van der Waals surface area contributed by atoms with Crippen LogP contribution in [0.3, 0.4) is 0 Å². The van der Waals surface area contributed by atoms with Gasteiger partial charge < -0.3 is 10.2 Å². The second kappa shape index (κ2) is 5.36. The quantitative estimate of drug-likeness (QED) is 0.929. The van der Waals surface area contributed by atoms with E-state index in [0.29, 0.717) is 11.9 Å². The molecular weight excluding hydrogens is 281 g/mol. The third-order valence-corrected chi connectivity index (χ3v) is 4.10. The molecule has 2 aliphatic rings. The Balaban J connectivity index is 1.78. The minimum absolute atomic E-state index is 0.254. The van der Waals surface area contributed by atoms with Crippen molar-refractivity contribution in [3.05, 3.63) is 17.7 Å². The second-order valence-electron chi connectivity index (χ2n) is 5.60. The summed E-state index contributed by atoms with van der Waals surface area (Å²) in [5.74, 6) is 0.661. The number of halogens is 3. The third kappa shape index (κ3) is 3.23. The lowest BCUT2D eigenvalue weighted by Crippen LogP contribution is -2.47. The van der Waals surface area contributed by atoms with Crippen LogP contribution in [-0.2, 0) is 6.18 Å². The first-order valence-corrected chi connectivity index (χ1v) is 7.23. The highest BCUT2D eigenvalue weighted by Gasteiger charge is 2.34. The van der Waals surface area contributed by atoms with Gasteiger partial charge in [0, 0.05) is 39.3 Å². The van der Waals surface area contributed by atoms with Gasteiger partial charge in [-0.25, -0.2) is 4.98 Å². The lowest BCUT2D eigenvalue weighted by atomic mass is 10.2. The molecule has 7 heteroatoms. The van der Waals surface area contributed by atoms with E-state index < -0.39 is 11.7 Å². The van der Waals surface area contributed by atoms with Gasteiger partial charge in [0.05, 0.1) is 5.56 Å². The minimum atomic E-state index is -4.35. The van der Waals surface area contributed by atoms with Crippen LogP contribution in [0.1, 0.15) is 18.4 Å². The lowest BCUT2D eigenvalue weighted by Gasteiger charge is -2.35. The van der Waals surface area contributed by atoms with Crippen LogP contribution in [0.4, 0.5) is 24.8 Å². The fraction of sp³-hybridized carbons (Fsp3) is 0.643. The van der Waals surface area contributed by atoms with Crippen molar-refractivity contribution in [2.45, 2.75) is 25.1 Å². The summed E-state index contributed by atoms with van der Waals surface area (Å²) in [6, 6.07) is 2.90. The summed E-state index contributed by atoms with van der Waals surface area (Å²) in [5.41, 5.74) is -0.651. The van der Waals surface area contributed by atoms with Crippen LogP contribution in [0.25, 0.3) is 0 Å². The van der Waals surface area contributed by atoms with Crippen LogP contribution in [0.2, 0.25) is 0 Å². The van der Waals surface area contributed by atoms with Gasteiger partial charge in [-0.05, 0) is 25.0 Å². The zero-order valence-corrected chi connectivity index (χ0v) is 12.0. The molecule has 1 saturated heterocycles. The Hall–Kier alpha value is -1.50. The van der Waals surface area contributed by atoms with Crippen molar-refractivity contribution in [1.82, 2.24) is 9.88 Å². The second-order valence-corrected chi connectivity index (χ2v) is 5.60. The van der Waals surface area contributed by atoms with Crippen molar-refractivity contribution < 1.29 is 13.2 Å². The number of rotatable bonds is 3. The predicted molar refractivity (Wildman–Crippen MR) is 75.6 cm³/mol. The highest BCUT2D eigenvalue weighted by Crippen LogP contribution is 2.33. The number of aromatic nitrogens is 1. The summed E-state index contributed by atoms with van der Waals surface area (Å²) < 4.78 is 38.8. The number of alkyl halides is 3. The topological polar surface area (TPSA) is 31.4 Å². The van der Waals surface area contributed by atoms with Crippen molar-refractivity contribution in [1.29, 1.82) is 0 Å². The first kappa shape index (κ1) is 14.4. The molecule has 116 valence electrons. The molecule has 0 aromatic carbocycles. The summed E-state index contributed by atoms with van der Waals surface area (Å²) in [5, 5.41) is 2.71. The number of anilines is 2. The van der Waals surface area contributed by atoms with Gasteiger partial charge in [0.1, 0.15) is 11.6 Å². The van der Waals surface area contributed by atoms with Gasteiger partial charge >= 0.3 is 6.18 Å². The van der Waals surface area contributed by atoms with Gasteiger partial charge in [0.25, 0.3) is 0 Å². The van der Waals surface area contributed by atoms with Gasteiger partial charge in [-0.1, -0.05) is 0 Å². The Labute approximate surface area is 121 Å². The highest BCUT2D eigenvalue weighted by atomic mass is 19.4. The highest BCUT2D eigenvalue weighted by molar-refractivity contribution is 5.51. The molecule has 1 aliphatic heterocycles. The molecule has 2 heterocycles. The maximum absolute atomic E-state index is 12.9. The maximum atomic E-state index is 12.9. The summed E-state index contributed by atoms with van der Waals surface area (Å²) >= 11 is 0. The van der Waals surface area contributed by atoms with Crippen molar-refractivity contribution >= 4 is 11.6 Å². The van der Waals surface area contributed by atoms with Crippen LogP contribution in [-0.4, -0.2) is 49.2 Å². The number of nitrogens with zero attached hydrogens (tertiary/aromatic N) is 3. The summed E-state index contributed by atoms with van der Waals surface area (Å²) in [4.78, 5) is 8.63. The van der Waals surface area contributed by atoms with Gasteiger partial charge in [-0.3, -0.25) is 4.90 Å². The van der Waals surface area contributed by atoms with Gasteiger partial charge in [-0.15, -0.1) is 0 Å². The fourth-order valence-electron chi connectivity index (χ4n) is 2.73. The Morgan fingerprint density at radius 3 is 2.33 bits per heavy atom. The summed E-state index contributed by atoms with van der Waals surface area (Å²) in [6.45, 7) is 3.26. The molecule has 1 N–H and O–H groups in total. The molecule has 1 aromatic rings. The van der Waals surface area contributed by atoms with E-state index in [2.05, 4.69) is 15.2 Å². The molecule has 4 nitrogen and oxygen atoms in total. The van der Waals surface area contributed by atoms with E-state index >= 15 is 0 Å². The van der Waals surface area contributed by atoms with E-state index in [4.69, 9.17) is 0 Å². The van der Waals surface area contributed by atoms with Crippen molar-refractivity contribution in [3.63, 3.8) is 0 Å². The molecule has 1 aliphatic carbocycles. The molecule has 1 aromatic heterocycles. The van der Waals surface area contributed by atoms with Gasteiger partial charge in [-0.2, -0.15) is 13.2 Å². The SMILES string of the molecule is CNc1cc(C(F)(F)F)cc(N2CCN(C3CC3)CC2)n1. The Bertz CT molecular complexity index is 505. The first-order chi connectivity index (χ1) is 9.97. The van der Waals surface area contributed by atoms with E-state index in [-0.39, 0.29) is 5.82 Å². The van der Waals surface area contributed by atoms with E-state index in [1.807, 2.05) is 4.90 Å². The molecule has 1 saturated carbocycles. The first-order valence-electron chi connectivity index (χ1n) is 7.23. The number of hydrogen-bond donors (Lipinski definition) is 1. The van der Waals surface area contributed by atoms with Crippen LogP contribution in [0.5, 0.6) is 0 Å². The number of piperazine rings is 1. The molecule has 0 radical (unpaired) electrons. The molecule has 21 heavy (non-hydrogen) atoms. The zero-order valence-electron chi connectivity index (χ0n) is 12.0. The largest absolute Gasteiger partial charge is 0.416 e. The Morgan fingerprint density at radius 2 is 1.81 bits per heavy atom. The monoisotopic (exact) mass is 300 g/mol. The van der Waals surface area contributed by atoms with E-state index in [9.17, 15) is 13.2 Å². The normalized spacial score (nSPS) is 20.7. The Kier molecular flexibility index (Phi) is 3.69. The van der Waals surface area contributed by atoms with Crippen molar-refractivity contribution in [2.24, 2.45) is 0 Å². The molecule has 0 bridgehead atoms. The fourth-order valence-corrected chi connectivity index (χ4v) is 2.73.